The normalized spacial score (nSPS) is 29.1. The van der Waals surface area contributed by atoms with Crippen LogP contribution in [-0.4, -0.2) is 62.7 Å². The highest BCUT2D eigenvalue weighted by Crippen LogP contribution is 2.59. The van der Waals surface area contributed by atoms with Crippen molar-refractivity contribution in [2.75, 3.05) is 36.9 Å². The molecule has 4 fully saturated rings. The number of ether oxygens (including phenoxy) is 2. The van der Waals surface area contributed by atoms with Crippen LogP contribution in [0.4, 0.5) is 11.8 Å². The summed E-state index contributed by atoms with van der Waals surface area (Å²) in [5.74, 6) is 3.47. The number of amides is 1. The average molecular weight is 481 g/mol. The summed E-state index contributed by atoms with van der Waals surface area (Å²) in [6.07, 6.45) is 9.26. The number of nitrogens with zero attached hydrogens (tertiary/aromatic N) is 6. The molecule has 1 aliphatic heterocycles. The lowest BCUT2D eigenvalue weighted by atomic mass is 9.93. The van der Waals surface area contributed by atoms with E-state index in [0.717, 1.165) is 45.2 Å². The molecule has 3 saturated carbocycles. The van der Waals surface area contributed by atoms with Crippen LogP contribution in [0.25, 0.3) is 0 Å². The molecule has 0 aromatic carbocycles. The van der Waals surface area contributed by atoms with Gasteiger partial charge in [-0.2, -0.15) is 15.0 Å². The Balaban J connectivity index is 1.11. The molecule has 6 rings (SSSR count). The lowest BCUT2D eigenvalue weighted by molar-refractivity contribution is 0.0895. The Morgan fingerprint density at radius 3 is 2.69 bits per heavy atom. The van der Waals surface area contributed by atoms with Gasteiger partial charge in [-0.1, -0.05) is 6.92 Å². The number of hydrogen-bond acceptors (Lipinski definition) is 10. The first-order chi connectivity index (χ1) is 17.0. The van der Waals surface area contributed by atoms with Crippen LogP contribution in [0.1, 0.15) is 56.1 Å². The number of nitrogens with one attached hydrogen (secondary N) is 1. The Hall–Kier alpha value is -3.24. The standard InChI is InChI=1S/C24H32N8O3/c1-14-8-16(14)12-35-23-29-20(21(33)31-24-5-2-17(24)9-24)28-22(30-23)32-6-3-15(4-7-32)11-34-18-10-26-13-27-19(18)25/h10,13-17H,2-9,11-12H2,1H3,(H,31,33)(H2,25,26,27)/t14-,16-,17?,24?/m1/s1. The van der Waals surface area contributed by atoms with Gasteiger partial charge in [-0.3, -0.25) is 4.79 Å². The van der Waals surface area contributed by atoms with Crippen LogP contribution in [-0.2, 0) is 0 Å². The molecule has 0 spiro atoms. The molecule has 2 unspecified atom stereocenters. The molecule has 3 N–H and O–H groups in total. The van der Waals surface area contributed by atoms with Gasteiger partial charge < -0.3 is 25.4 Å². The smallest absolute Gasteiger partial charge is 0.321 e. The van der Waals surface area contributed by atoms with Crippen molar-refractivity contribution in [3.8, 4) is 11.8 Å². The maximum Gasteiger partial charge on any atom is 0.321 e. The van der Waals surface area contributed by atoms with Crippen molar-refractivity contribution in [3.05, 3.63) is 18.3 Å². The van der Waals surface area contributed by atoms with E-state index in [9.17, 15) is 4.79 Å². The Bertz CT molecular complexity index is 1100. The maximum atomic E-state index is 13.0. The van der Waals surface area contributed by atoms with Gasteiger partial charge in [-0.15, -0.1) is 0 Å². The molecule has 2 aromatic heterocycles. The number of rotatable bonds is 9. The Morgan fingerprint density at radius 2 is 2.03 bits per heavy atom. The van der Waals surface area contributed by atoms with Crippen LogP contribution in [0.5, 0.6) is 11.8 Å². The number of nitrogen functional groups attached to an aromatic ring is 1. The molecule has 0 bridgehead atoms. The van der Waals surface area contributed by atoms with Gasteiger partial charge in [-0.25, -0.2) is 9.97 Å². The number of nitrogens with two attached hydrogens (primary N) is 1. The van der Waals surface area contributed by atoms with Crippen molar-refractivity contribution in [1.82, 2.24) is 30.2 Å². The van der Waals surface area contributed by atoms with Crippen LogP contribution in [0.15, 0.2) is 12.5 Å². The summed E-state index contributed by atoms with van der Waals surface area (Å²) < 4.78 is 11.8. The highest BCUT2D eigenvalue weighted by Gasteiger charge is 2.62. The predicted octanol–water partition coefficient (Wildman–Crippen LogP) is 1.86. The Morgan fingerprint density at radius 1 is 1.20 bits per heavy atom. The first-order valence-corrected chi connectivity index (χ1v) is 12.6. The van der Waals surface area contributed by atoms with Crippen LogP contribution < -0.4 is 25.4 Å². The van der Waals surface area contributed by atoms with E-state index < -0.39 is 0 Å². The third-order valence-electron chi connectivity index (χ3n) is 8.12. The predicted molar refractivity (Wildman–Crippen MR) is 127 cm³/mol. The van der Waals surface area contributed by atoms with Gasteiger partial charge in [0.25, 0.3) is 5.91 Å². The van der Waals surface area contributed by atoms with E-state index >= 15 is 0 Å². The minimum atomic E-state index is -0.230. The zero-order valence-electron chi connectivity index (χ0n) is 20.0. The second-order valence-electron chi connectivity index (χ2n) is 10.6. The van der Waals surface area contributed by atoms with Gasteiger partial charge in [0.15, 0.2) is 11.6 Å². The average Bonchev–Trinajstić information content (AvgIpc) is 3.71. The second kappa shape index (κ2) is 8.76. The topological polar surface area (TPSA) is 141 Å². The van der Waals surface area contributed by atoms with Crippen molar-refractivity contribution in [2.24, 2.45) is 23.7 Å². The van der Waals surface area contributed by atoms with E-state index in [4.69, 9.17) is 15.2 Å². The van der Waals surface area contributed by atoms with E-state index in [-0.39, 0.29) is 23.3 Å². The van der Waals surface area contributed by atoms with Crippen LogP contribution in [0, 0.1) is 23.7 Å². The first-order valence-electron chi connectivity index (χ1n) is 12.6. The third-order valence-corrected chi connectivity index (χ3v) is 8.12. The molecule has 3 heterocycles. The van der Waals surface area contributed by atoms with Crippen LogP contribution in [0.2, 0.25) is 0 Å². The number of fused-ring (bicyclic) bond motifs is 1. The monoisotopic (exact) mass is 480 g/mol. The number of carbonyl (C=O) groups excluding carboxylic acids is 1. The number of piperidine rings is 1. The van der Waals surface area contributed by atoms with Gasteiger partial charge in [0.1, 0.15) is 6.33 Å². The van der Waals surface area contributed by atoms with E-state index in [2.05, 4.69) is 42.1 Å². The fourth-order valence-corrected chi connectivity index (χ4v) is 5.19. The van der Waals surface area contributed by atoms with Crippen molar-refractivity contribution >= 4 is 17.7 Å². The summed E-state index contributed by atoms with van der Waals surface area (Å²) in [6.45, 7) is 4.84. The molecule has 1 saturated heterocycles. The molecule has 4 aliphatic rings. The summed E-state index contributed by atoms with van der Waals surface area (Å²) >= 11 is 0. The van der Waals surface area contributed by atoms with Crippen molar-refractivity contribution in [2.45, 2.75) is 51.0 Å². The molecule has 11 nitrogen and oxygen atoms in total. The summed E-state index contributed by atoms with van der Waals surface area (Å²) in [5, 5.41) is 3.17. The van der Waals surface area contributed by atoms with Gasteiger partial charge in [0.05, 0.1) is 19.4 Å². The minimum Gasteiger partial charge on any atom is -0.488 e. The first kappa shape index (κ1) is 22.2. The molecular weight excluding hydrogens is 448 g/mol. The van der Waals surface area contributed by atoms with Crippen molar-refractivity contribution in [3.63, 3.8) is 0 Å². The van der Waals surface area contributed by atoms with Crippen molar-refractivity contribution in [1.29, 1.82) is 0 Å². The maximum absolute atomic E-state index is 13.0. The molecule has 0 radical (unpaired) electrons. The summed E-state index contributed by atoms with van der Waals surface area (Å²) in [4.78, 5) is 36.5. The number of hydrogen-bond donors (Lipinski definition) is 2. The lowest BCUT2D eigenvalue weighted by Crippen LogP contribution is -2.44. The quantitative estimate of drug-likeness (QED) is 0.546. The van der Waals surface area contributed by atoms with E-state index in [1.54, 1.807) is 6.20 Å². The largest absolute Gasteiger partial charge is 0.488 e. The number of anilines is 2. The molecular formula is C24H32N8O3. The zero-order valence-corrected chi connectivity index (χ0v) is 20.0. The molecule has 35 heavy (non-hydrogen) atoms. The Kier molecular flexibility index (Phi) is 5.57. The second-order valence-corrected chi connectivity index (χ2v) is 10.6. The SMILES string of the molecule is C[C@@H]1C[C@@H]1COc1nc(C(=O)NC23CCC2C3)nc(N2CCC(COc3cncnc3N)CC2)n1. The van der Waals surface area contributed by atoms with Crippen LogP contribution in [0.3, 0.4) is 0 Å². The van der Waals surface area contributed by atoms with Gasteiger partial charge in [-0.05, 0) is 62.2 Å². The molecule has 11 heteroatoms. The highest BCUT2D eigenvalue weighted by molar-refractivity contribution is 5.91. The van der Waals surface area contributed by atoms with Gasteiger partial charge >= 0.3 is 6.01 Å². The van der Waals surface area contributed by atoms with E-state index in [0.29, 0.717) is 54.4 Å². The Labute approximate surface area is 204 Å². The zero-order chi connectivity index (χ0) is 24.0. The molecule has 4 atom stereocenters. The fraction of sp³-hybridized carbons (Fsp3) is 0.667. The fourth-order valence-electron chi connectivity index (χ4n) is 5.19. The number of aromatic nitrogens is 5. The van der Waals surface area contributed by atoms with E-state index in [1.807, 2.05) is 0 Å². The van der Waals surface area contributed by atoms with Crippen LogP contribution >= 0.6 is 0 Å². The molecule has 1 amide bonds. The number of carbonyl (C=O) groups is 1. The van der Waals surface area contributed by atoms with E-state index in [1.165, 1.54) is 12.7 Å². The lowest BCUT2D eigenvalue weighted by Gasteiger charge is -2.32. The molecule has 3 aliphatic carbocycles. The summed E-state index contributed by atoms with van der Waals surface area (Å²) in [7, 11) is 0. The third kappa shape index (κ3) is 4.68. The van der Waals surface area contributed by atoms with Gasteiger partial charge in [0, 0.05) is 18.6 Å². The van der Waals surface area contributed by atoms with Crippen molar-refractivity contribution < 1.29 is 14.3 Å². The molecule has 186 valence electrons. The van der Waals surface area contributed by atoms with Gasteiger partial charge in [0.2, 0.25) is 11.8 Å². The molecule has 2 aromatic rings. The summed E-state index contributed by atoms with van der Waals surface area (Å²) in [6, 6.07) is 0.239. The highest BCUT2D eigenvalue weighted by atomic mass is 16.5. The summed E-state index contributed by atoms with van der Waals surface area (Å²) in [5.41, 5.74) is 5.83. The minimum absolute atomic E-state index is 0.0140.